The summed E-state index contributed by atoms with van der Waals surface area (Å²) in [6.07, 6.45) is -1.43. The lowest BCUT2D eigenvalue weighted by Crippen LogP contribution is -2.05. The Labute approximate surface area is 90.7 Å². The SMILES string of the molecule is Nc1n[nH]c(-c2ccccc2)c1OC(=O)O. The Morgan fingerprint density at radius 3 is 2.69 bits per heavy atom. The number of benzene rings is 1. The predicted molar refractivity (Wildman–Crippen MR) is 57.1 cm³/mol. The van der Waals surface area contributed by atoms with E-state index in [-0.39, 0.29) is 11.6 Å². The van der Waals surface area contributed by atoms with Gasteiger partial charge in [0.05, 0.1) is 0 Å². The molecule has 0 saturated carbocycles. The molecular formula is C10H9N3O3. The van der Waals surface area contributed by atoms with Gasteiger partial charge in [0, 0.05) is 5.56 Å². The van der Waals surface area contributed by atoms with Crippen LogP contribution in [-0.2, 0) is 0 Å². The maximum absolute atomic E-state index is 10.5. The van der Waals surface area contributed by atoms with E-state index in [1.165, 1.54) is 0 Å². The molecule has 0 fully saturated rings. The number of anilines is 1. The molecule has 6 heteroatoms. The van der Waals surface area contributed by atoms with Crippen molar-refractivity contribution in [1.29, 1.82) is 0 Å². The maximum Gasteiger partial charge on any atom is 0.511 e. The number of H-pyrrole nitrogens is 1. The molecule has 0 aliphatic heterocycles. The third-order valence-corrected chi connectivity index (χ3v) is 2.00. The van der Waals surface area contributed by atoms with Crippen LogP contribution >= 0.6 is 0 Å². The molecule has 6 nitrogen and oxygen atoms in total. The molecule has 2 rings (SSSR count). The summed E-state index contributed by atoms with van der Waals surface area (Å²) in [6.45, 7) is 0. The van der Waals surface area contributed by atoms with E-state index in [1.807, 2.05) is 18.2 Å². The zero-order valence-electron chi connectivity index (χ0n) is 8.18. The van der Waals surface area contributed by atoms with Crippen molar-refractivity contribution < 1.29 is 14.6 Å². The topological polar surface area (TPSA) is 101 Å². The number of hydrogen-bond donors (Lipinski definition) is 3. The number of carboxylic acid groups (broad SMARTS) is 1. The van der Waals surface area contributed by atoms with Gasteiger partial charge in [-0.3, -0.25) is 5.10 Å². The molecule has 0 atom stereocenters. The Hall–Kier alpha value is -2.50. The molecule has 0 bridgehead atoms. The predicted octanol–water partition coefficient (Wildman–Crippen LogP) is 1.72. The minimum absolute atomic E-state index is 0.0150. The summed E-state index contributed by atoms with van der Waals surface area (Å²) in [7, 11) is 0. The lowest BCUT2D eigenvalue weighted by atomic mass is 10.1. The largest absolute Gasteiger partial charge is 0.511 e. The van der Waals surface area contributed by atoms with Gasteiger partial charge in [-0.25, -0.2) is 4.79 Å². The van der Waals surface area contributed by atoms with E-state index in [0.717, 1.165) is 5.56 Å². The normalized spacial score (nSPS) is 10.0. The fourth-order valence-corrected chi connectivity index (χ4v) is 1.34. The van der Waals surface area contributed by atoms with E-state index in [9.17, 15) is 4.79 Å². The summed E-state index contributed by atoms with van der Waals surface area (Å²) in [5, 5.41) is 14.9. The second kappa shape index (κ2) is 3.93. The molecule has 0 aliphatic carbocycles. The smallest absolute Gasteiger partial charge is 0.449 e. The van der Waals surface area contributed by atoms with E-state index in [2.05, 4.69) is 14.9 Å². The number of nitrogens with zero attached hydrogens (tertiary/aromatic N) is 1. The highest BCUT2D eigenvalue weighted by molar-refractivity contribution is 5.76. The van der Waals surface area contributed by atoms with Crippen LogP contribution in [0.1, 0.15) is 0 Å². The standard InChI is InChI=1S/C10H9N3O3/c11-9-8(16-10(14)15)7(12-13-9)6-4-2-1-3-5-6/h1-5H,(H,14,15)(H3,11,12,13). The highest BCUT2D eigenvalue weighted by Crippen LogP contribution is 2.32. The summed E-state index contributed by atoms with van der Waals surface area (Å²) in [4.78, 5) is 10.5. The van der Waals surface area contributed by atoms with Crippen molar-refractivity contribution >= 4 is 12.0 Å². The van der Waals surface area contributed by atoms with E-state index < -0.39 is 6.16 Å². The highest BCUT2D eigenvalue weighted by atomic mass is 16.7. The maximum atomic E-state index is 10.5. The van der Waals surface area contributed by atoms with Crippen LogP contribution < -0.4 is 10.5 Å². The van der Waals surface area contributed by atoms with Crippen LogP contribution in [0.25, 0.3) is 11.3 Å². The van der Waals surface area contributed by atoms with Gasteiger partial charge >= 0.3 is 6.16 Å². The molecule has 4 N–H and O–H groups in total. The zero-order chi connectivity index (χ0) is 11.5. The van der Waals surface area contributed by atoms with E-state index in [1.54, 1.807) is 12.1 Å². The van der Waals surface area contributed by atoms with Crippen LogP contribution in [-0.4, -0.2) is 21.5 Å². The minimum Gasteiger partial charge on any atom is -0.449 e. The summed E-state index contributed by atoms with van der Waals surface area (Å²) in [5.74, 6) is 0.0416. The van der Waals surface area contributed by atoms with Crippen molar-refractivity contribution in [2.24, 2.45) is 0 Å². The van der Waals surface area contributed by atoms with Gasteiger partial charge in [0.1, 0.15) is 5.69 Å². The van der Waals surface area contributed by atoms with Crippen molar-refractivity contribution in [3.05, 3.63) is 30.3 Å². The first-order valence-corrected chi connectivity index (χ1v) is 4.48. The van der Waals surface area contributed by atoms with Gasteiger partial charge in [0.25, 0.3) is 0 Å². The highest BCUT2D eigenvalue weighted by Gasteiger charge is 2.16. The third-order valence-electron chi connectivity index (χ3n) is 2.00. The van der Waals surface area contributed by atoms with Gasteiger partial charge in [0.15, 0.2) is 5.82 Å². The molecule has 16 heavy (non-hydrogen) atoms. The van der Waals surface area contributed by atoms with Gasteiger partial charge in [-0.2, -0.15) is 5.10 Å². The minimum atomic E-state index is -1.43. The summed E-state index contributed by atoms with van der Waals surface area (Å²) < 4.78 is 4.57. The third kappa shape index (κ3) is 1.81. The van der Waals surface area contributed by atoms with Gasteiger partial charge in [0.2, 0.25) is 5.75 Å². The van der Waals surface area contributed by atoms with Crippen LogP contribution in [0.3, 0.4) is 0 Å². The molecule has 1 aromatic carbocycles. The monoisotopic (exact) mass is 219 g/mol. The van der Waals surface area contributed by atoms with Crippen molar-refractivity contribution in [1.82, 2.24) is 10.2 Å². The Kier molecular flexibility index (Phi) is 2.47. The first-order chi connectivity index (χ1) is 7.68. The summed E-state index contributed by atoms with van der Waals surface area (Å²) in [6, 6.07) is 9.07. The van der Waals surface area contributed by atoms with Crippen molar-refractivity contribution in [2.75, 3.05) is 5.73 Å². The number of nitrogen functional groups attached to an aromatic ring is 1. The second-order valence-electron chi connectivity index (χ2n) is 3.05. The van der Waals surface area contributed by atoms with Crippen LogP contribution in [0.5, 0.6) is 5.75 Å². The van der Waals surface area contributed by atoms with Crippen LogP contribution in [0, 0.1) is 0 Å². The molecule has 1 heterocycles. The summed E-state index contributed by atoms with van der Waals surface area (Å²) in [5.41, 5.74) is 6.69. The number of aromatic amines is 1. The Balaban J connectivity index is 2.46. The van der Waals surface area contributed by atoms with Crippen molar-refractivity contribution in [2.45, 2.75) is 0 Å². The lowest BCUT2D eigenvalue weighted by Gasteiger charge is -2.01. The number of nitrogens with two attached hydrogens (primary N) is 1. The van der Waals surface area contributed by atoms with Crippen LogP contribution in [0.15, 0.2) is 30.3 Å². The van der Waals surface area contributed by atoms with E-state index in [4.69, 9.17) is 10.8 Å². The Morgan fingerprint density at radius 2 is 2.06 bits per heavy atom. The molecule has 0 saturated heterocycles. The fraction of sp³-hybridized carbons (Fsp3) is 0. The average Bonchev–Trinajstić information content (AvgIpc) is 2.61. The molecule has 1 aromatic heterocycles. The van der Waals surface area contributed by atoms with Gasteiger partial charge in [-0.1, -0.05) is 30.3 Å². The van der Waals surface area contributed by atoms with Crippen molar-refractivity contribution in [3.8, 4) is 17.0 Å². The van der Waals surface area contributed by atoms with Gasteiger partial charge < -0.3 is 15.6 Å². The molecule has 0 spiro atoms. The van der Waals surface area contributed by atoms with Crippen LogP contribution in [0.2, 0.25) is 0 Å². The lowest BCUT2D eigenvalue weighted by molar-refractivity contribution is 0.145. The first-order valence-electron chi connectivity index (χ1n) is 4.48. The first kappa shape index (κ1) is 10.0. The van der Waals surface area contributed by atoms with Gasteiger partial charge in [-0.05, 0) is 0 Å². The number of carbonyl (C=O) groups is 1. The Morgan fingerprint density at radius 1 is 1.38 bits per heavy atom. The number of aromatic nitrogens is 2. The number of rotatable bonds is 2. The van der Waals surface area contributed by atoms with E-state index in [0.29, 0.717) is 5.69 Å². The molecule has 0 amide bonds. The molecule has 0 unspecified atom stereocenters. The number of ether oxygens (including phenoxy) is 1. The molecule has 82 valence electrons. The second-order valence-corrected chi connectivity index (χ2v) is 3.05. The quantitative estimate of drug-likeness (QED) is 0.667. The average molecular weight is 219 g/mol. The molecule has 2 aromatic rings. The summed E-state index contributed by atoms with van der Waals surface area (Å²) >= 11 is 0. The van der Waals surface area contributed by atoms with Crippen molar-refractivity contribution in [3.63, 3.8) is 0 Å². The zero-order valence-corrected chi connectivity index (χ0v) is 8.18. The fourth-order valence-electron chi connectivity index (χ4n) is 1.34. The molecule has 0 aliphatic rings. The Bertz CT molecular complexity index is 507. The molecular weight excluding hydrogens is 210 g/mol. The number of nitrogens with one attached hydrogen (secondary N) is 1. The number of hydrogen-bond acceptors (Lipinski definition) is 4. The molecule has 0 radical (unpaired) electrons. The van der Waals surface area contributed by atoms with E-state index >= 15 is 0 Å². The van der Waals surface area contributed by atoms with Gasteiger partial charge in [-0.15, -0.1) is 0 Å². The van der Waals surface area contributed by atoms with Crippen LogP contribution in [0.4, 0.5) is 10.6 Å².